The summed E-state index contributed by atoms with van der Waals surface area (Å²) < 4.78 is 22.2. The minimum atomic E-state index is -0.0440. The average molecular weight is 606 g/mol. The van der Waals surface area contributed by atoms with Gasteiger partial charge in [0.2, 0.25) is 0 Å². The molecule has 0 spiro atoms. The van der Waals surface area contributed by atoms with Crippen LogP contribution in [0.25, 0.3) is 95.5 Å². The van der Waals surface area contributed by atoms with E-state index in [-0.39, 0.29) is 12.0 Å². The van der Waals surface area contributed by atoms with Crippen molar-refractivity contribution in [2.24, 2.45) is 0 Å². The first-order valence-electron chi connectivity index (χ1n) is 16.1. The molecule has 0 N–H and O–H groups in total. The second kappa shape index (κ2) is 8.83. The lowest BCUT2D eigenvalue weighted by Crippen LogP contribution is -2.17. The highest BCUT2D eigenvalue weighted by Crippen LogP contribution is 2.55. The van der Waals surface area contributed by atoms with E-state index < -0.39 is 0 Å². The highest BCUT2D eigenvalue weighted by atomic mass is 16.3. The van der Waals surface area contributed by atoms with Crippen LogP contribution in [0.2, 0.25) is 0 Å². The van der Waals surface area contributed by atoms with Crippen molar-refractivity contribution < 1.29 is 13.3 Å². The van der Waals surface area contributed by atoms with E-state index in [1.165, 1.54) is 16.5 Å². The number of hydrogen-bond donors (Lipinski definition) is 0. The number of fused-ring (bicyclic) bond motifs is 15. The SMILES string of the molecule is C=c1/c(=C\C=C/C)oc2c1ccc1c3cc(-c4ccc5c(c4)oc4ccccc45)cc4c3n(c12)C1c2oc3ccccc3c2C=CC41. The summed E-state index contributed by atoms with van der Waals surface area (Å²) in [6, 6.07) is 32.3. The van der Waals surface area contributed by atoms with Crippen LogP contribution in [-0.2, 0) is 0 Å². The number of aromatic nitrogens is 1. The van der Waals surface area contributed by atoms with Gasteiger partial charge < -0.3 is 17.8 Å². The summed E-state index contributed by atoms with van der Waals surface area (Å²) in [5, 5.41) is 7.73. The molecule has 9 aromatic rings. The van der Waals surface area contributed by atoms with Crippen LogP contribution >= 0.6 is 0 Å². The van der Waals surface area contributed by atoms with Crippen LogP contribution in [0.4, 0.5) is 0 Å². The zero-order valence-electron chi connectivity index (χ0n) is 25.6. The molecule has 4 nitrogen and oxygen atoms in total. The van der Waals surface area contributed by atoms with Crippen LogP contribution in [0.1, 0.15) is 35.8 Å². The first-order valence-corrected chi connectivity index (χ1v) is 16.1. The van der Waals surface area contributed by atoms with Crippen LogP contribution in [0.3, 0.4) is 0 Å². The molecule has 2 atom stereocenters. The summed E-state index contributed by atoms with van der Waals surface area (Å²) >= 11 is 0. The van der Waals surface area contributed by atoms with E-state index in [4.69, 9.17) is 13.3 Å². The Balaban J connectivity index is 1.24. The van der Waals surface area contributed by atoms with Crippen molar-refractivity contribution in [3.05, 3.63) is 137 Å². The molecule has 0 bridgehead atoms. The van der Waals surface area contributed by atoms with E-state index in [2.05, 4.69) is 96.1 Å². The Bertz CT molecular complexity index is 3010. The van der Waals surface area contributed by atoms with Gasteiger partial charge in [0, 0.05) is 49.0 Å². The standard InChI is InChI=1S/C43H27NO3/c1-3-4-11-35-23(2)26-16-17-30-33-20-25(24-14-15-29-27-9-5-7-12-36(27)45-38(29)22-24)21-34-31-18-19-32-28-10-6-8-13-37(28)47-43(32)41(31)44(39(33)34)40(30)42(26)46-35/h3-22,31,41H,2H2,1H3/b4-3-,35-11+. The molecule has 0 saturated carbocycles. The minimum Gasteiger partial charge on any atom is -0.458 e. The summed E-state index contributed by atoms with van der Waals surface area (Å²) in [5.74, 6) is 1.11. The molecule has 11 rings (SSSR count). The molecular weight excluding hydrogens is 578 g/mol. The predicted molar refractivity (Wildman–Crippen MR) is 192 cm³/mol. The molecule has 4 aromatic heterocycles. The van der Waals surface area contributed by atoms with E-state index in [1.807, 2.05) is 43.4 Å². The Kier molecular flexibility index (Phi) is 4.74. The molecule has 0 amide bonds. The van der Waals surface area contributed by atoms with Crippen LogP contribution < -0.4 is 10.6 Å². The van der Waals surface area contributed by atoms with Gasteiger partial charge in [-0.25, -0.2) is 0 Å². The molecule has 222 valence electrons. The van der Waals surface area contributed by atoms with Crippen molar-refractivity contribution in [1.82, 2.24) is 4.57 Å². The second-order valence-corrected chi connectivity index (χ2v) is 12.8. The number of hydrogen-bond acceptors (Lipinski definition) is 3. The molecular formula is C43H27NO3. The molecule has 0 saturated heterocycles. The average Bonchev–Trinajstić information content (AvgIpc) is 3.90. The zero-order chi connectivity index (χ0) is 31.0. The Morgan fingerprint density at radius 3 is 2.32 bits per heavy atom. The van der Waals surface area contributed by atoms with E-state index in [1.54, 1.807) is 0 Å². The predicted octanol–water partition coefficient (Wildman–Crippen LogP) is 10.3. The van der Waals surface area contributed by atoms with Crippen molar-refractivity contribution >= 4 is 84.4 Å². The van der Waals surface area contributed by atoms with Crippen LogP contribution in [0, 0.1) is 0 Å². The van der Waals surface area contributed by atoms with Gasteiger partial charge in [0.25, 0.3) is 0 Å². The van der Waals surface area contributed by atoms with Gasteiger partial charge in [-0.2, -0.15) is 0 Å². The van der Waals surface area contributed by atoms with Crippen molar-refractivity contribution in [2.45, 2.75) is 18.9 Å². The number of rotatable bonds is 2. The molecule has 5 heterocycles. The maximum Gasteiger partial charge on any atom is 0.159 e. The number of nitrogens with zero attached hydrogens (tertiary/aromatic N) is 1. The summed E-state index contributed by atoms with van der Waals surface area (Å²) in [7, 11) is 0. The summed E-state index contributed by atoms with van der Waals surface area (Å²) in [4.78, 5) is 0. The van der Waals surface area contributed by atoms with Gasteiger partial charge in [-0.3, -0.25) is 0 Å². The van der Waals surface area contributed by atoms with Crippen molar-refractivity contribution in [2.75, 3.05) is 0 Å². The molecule has 2 unspecified atom stereocenters. The highest BCUT2D eigenvalue weighted by Gasteiger charge is 2.42. The van der Waals surface area contributed by atoms with E-state index >= 15 is 0 Å². The Labute approximate surface area is 268 Å². The fourth-order valence-corrected chi connectivity index (χ4v) is 8.33. The minimum absolute atomic E-state index is 0.0440. The number of allylic oxidation sites excluding steroid dienone is 3. The van der Waals surface area contributed by atoms with Gasteiger partial charge in [-0.1, -0.05) is 79.4 Å². The van der Waals surface area contributed by atoms with Crippen molar-refractivity contribution in [3.8, 4) is 11.1 Å². The van der Waals surface area contributed by atoms with Crippen LogP contribution in [0.5, 0.6) is 0 Å². The maximum absolute atomic E-state index is 6.73. The van der Waals surface area contributed by atoms with Crippen LogP contribution in [-0.4, -0.2) is 4.57 Å². The number of para-hydroxylation sites is 2. The second-order valence-electron chi connectivity index (χ2n) is 12.8. The Hall–Kier alpha value is -6.00. The quantitative estimate of drug-likeness (QED) is 0.197. The normalized spacial score (nSPS) is 17.5. The fraction of sp³-hybridized carbons (Fsp3) is 0.0698. The first kappa shape index (κ1) is 25.2. The van der Waals surface area contributed by atoms with Crippen molar-refractivity contribution in [3.63, 3.8) is 0 Å². The third-order valence-corrected chi connectivity index (χ3v) is 10.4. The molecule has 2 aliphatic rings. The molecule has 5 aromatic carbocycles. The smallest absolute Gasteiger partial charge is 0.159 e. The van der Waals surface area contributed by atoms with Gasteiger partial charge in [-0.05, 0) is 72.2 Å². The van der Waals surface area contributed by atoms with Crippen LogP contribution in [0.15, 0.2) is 122 Å². The first-order chi connectivity index (χ1) is 23.2. The molecule has 1 aliphatic carbocycles. The molecule has 0 fully saturated rings. The van der Waals surface area contributed by atoms with Gasteiger partial charge in [0.05, 0.1) is 11.0 Å². The molecule has 0 radical (unpaired) electrons. The summed E-state index contributed by atoms with van der Waals surface area (Å²) in [5.41, 5.74) is 11.4. The molecule has 47 heavy (non-hydrogen) atoms. The number of furan rings is 3. The summed E-state index contributed by atoms with van der Waals surface area (Å²) in [6.45, 7) is 6.43. The Morgan fingerprint density at radius 1 is 0.681 bits per heavy atom. The molecule has 1 aliphatic heterocycles. The fourth-order valence-electron chi connectivity index (χ4n) is 8.33. The lowest BCUT2D eigenvalue weighted by molar-refractivity contribution is 0.448. The zero-order valence-corrected chi connectivity index (χ0v) is 25.6. The lowest BCUT2D eigenvalue weighted by Gasteiger charge is -2.23. The monoisotopic (exact) mass is 605 g/mol. The van der Waals surface area contributed by atoms with E-state index in [0.29, 0.717) is 0 Å². The molecule has 4 heteroatoms. The highest BCUT2D eigenvalue weighted by molar-refractivity contribution is 6.19. The van der Waals surface area contributed by atoms with E-state index in [9.17, 15) is 0 Å². The third kappa shape index (κ3) is 3.17. The summed E-state index contributed by atoms with van der Waals surface area (Å²) in [6.07, 6.45) is 10.6. The Morgan fingerprint density at radius 2 is 1.45 bits per heavy atom. The third-order valence-electron chi connectivity index (χ3n) is 10.4. The lowest BCUT2D eigenvalue weighted by atomic mass is 9.84. The van der Waals surface area contributed by atoms with Gasteiger partial charge in [0.1, 0.15) is 34.0 Å². The largest absolute Gasteiger partial charge is 0.458 e. The van der Waals surface area contributed by atoms with Gasteiger partial charge in [0.15, 0.2) is 5.58 Å². The number of benzene rings is 5. The van der Waals surface area contributed by atoms with Crippen molar-refractivity contribution in [1.29, 1.82) is 0 Å². The van der Waals surface area contributed by atoms with Gasteiger partial charge >= 0.3 is 0 Å². The van der Waals surface area contributed by atoms with Gasteiger partial charge in [-0.15, -0.1) is 0 Å². The van der Waals surface area contributed by atoms with E-state index in [0.717, 1.165) is 87.9 Å². The topological polar surface area (TPSA) is 44.4 Å². The maximum atomic E-state index is 6.73.